The lowest BCUT2D eigenvalue weighted by Gasteiger charge is -2.23. The maximum Gasteiger partial charge on any atom is 0.240 e. The molecule has 146 valence electrons. The minimum absolute atomic E-state index is 0.0170. The molecular formula is C17H23ClN6O2S. The van der Waals surface area contributed by atoms with Crippen molar-refractivity contribution >= 4 is 35.2 Å². The molecule has 0 saturated heterocycles. The van der Waals surface area contributed by atoms with Crippen molar-refractivity contribution in [2.45, 2.75) is 31.5 Å². The molecule has 1 aromatic carbocycles. The quantitative estimate of drug-likeness (QED) is 0.555. The molecule has 8 nitrogen and oxygen atoms in total. The van der Waals surface area contributed by atoms with Gasteiger partial charge in [0.05, 0.1) is 17.3 Å². The number of hydrogen-bond donors (Lipinski definition) is 2. The van der Waals surface area contributed by atoms with Crippen LogP contribution in [0.25, 0.3) is 11.4 Å². The monoisotopic (exact) mass is 410 g/mol. The Morgan fingerprint density at radius 3 is 2.59 bits per heavy atom. The van der Waals surface area contributed by atoms with Gasteiger partial charge >= 0.3 is 0 Å². The fraction of sp³-hybridized carbons (Fsp3) is 0.412. The van der Waals surface area contributed by atoms with Crippen molar-refractivity contribution in [2.24, 2.45) is 0 Å². The van der Waals surface area contributed by atoms with Crippen LogP contribution in [-0.2, 0) is 9.59 Å². The van der Waals surface area contributed by atoms with Crippen LogP contribution < -0.4 is 11.2 Å². The molecule has 0 saturated carbocycles. The van der Waals surface area contributed by atoms with E-state index < -0.39 is 0 Å². The second-order valence-electron chi connectivity index (χ2n) is 6.99. The molecule has 3 N–H and O–H groups in total. The molecule has 0 aliphatic heterocycles. The Bertz CT molecular complexity index is 833. The molecule has 0 aliphatic rings. The lowest BCUT2D eigenvalue weighted by Crippen LogP contribution is -2.46. The number of halogens is 1. The number of aromatic nitrogens is 3. The zero-order chi connectivity index (χ0) is 20.2. The lowest BCUT2D eigenvalue weighted by molar-refractivity contribution is -0.133. The van der Waals surface area contributed by atoms with Gasteiger partial charge in [0.25, 0.3) is 0 Å². The maximum absolute atomic E-state index is 12.3. The highest BCUT2D eigenvalue weighted by molar-refractivity contribution is 7.99. The third kappa shape index (κ3) is 5.86. The molecule has 2 rings (SSSR count). The minimum atomic E-state index is -0.346. The first-order chi connectivity index (χ1) is 12.6. The predicted molar refractivity (Wildman–Crippen MR) is 107 cm³/mol. The van der Waals surface area contributed by atoms with Crippen LogP contribution in [0.1, 0.15) is 20.8 Å². The van der Waals surface area contributed by atoms with Crippen molar-refractivity contribution in [2.75, 3.05) is 25.2 Å². The van der Waals surface area contributed by atoms with Gasteiger partial charge < -0.3 is 16.1 Å². The van der Waals surface area contributed by atoms with E-state index in [0.717, 1.165) is 11.8 Å². The number of benzene rings is 1. The third-order valence-electron chi connectivity index (χ3n) is 3.42. The van der Waals surface area contributed by atoms with E-state index in [4.69, 9.17) is 17.4 Å². The highest BCUT2D eigenvalue weighted by atomic mass is 35.5. The van der Waals surface area contributed by atoms with Crippen LogP contribution in [0.3, 0.4) is 0 Å². The van der Waals surface area contributed by atoms with Gasteiger partial charge in [-0.3, -0.25) is 9.59 Å². The standard InChI is InChI=1S/C17H23ClN6O2S/c1-17(2,3)20-13(25)9-23(4)14(26)10-27-16-22-21-15(24(16)19)11-7-5-6-8-12(11)18/h5-8H,9-10,19H2,1-4H3,(H,20,25). The van der Waals surface area contributed by atoms with Crippen LogP contribution in [0.4, 0.5) is 0 Å². The molecule has 0 bridgehead atoms. The van der Waals surface area contributed by atoms with E-state index in [1.54, 1.807) is 19.2 Å². The van der Waals surface area contributed by atoms with Crippen molar-refractivity contribution < 1.29 is 9.59 Å². The third-order valence-corrected chi connectivity index (χ3v) is 4.68. The van der Waals surface area contributed by atoms with Crippen LogP contribution in [0.15, 0.2) is 29.4 Å². The van der Waals surface area contributed by atoms with Crippen LogP contribution in [0.5, 0.6) is 0 Å². The summed E-state index contributed by atoms with van der Waals surface area (Å²) in [5.74, 6) is 6.10. The van der Waals surface area contributed by atoms with Gasteiger partial charge in [0.15, 0.2) is 5.82 Å². The predicted octanol–water partition coefficient (Wildman–Crippen LogP) is 1.78. The molecule has 1 aromatic heterocycles. The molecule has 10 heteroatoms. The van der Waals surface area contributed by atoms with E-state index in [0.29, 0.717) is 21.6 Å². The van der Waals surface area contributed by atoms with E-state index in [2.05, 4.69) is 15.5 Å². The summed E-state index contributed by atoms with van der Waals surface area (Å²) >= 11 is 7.30. The van der Waals surface area contributed by atoms with Gasteiger partial charge in [-0.15, -0.1) is 10.2 Å². The number of nitrogens with two attached hydrogens (primary N) is 1. The Kier molecular flexibility index (Phi) is 6.72. The molecule has 1 heterocycles. The van der Waals surface area contributed by atoms with Crippen molar-refractivity contribution in [3.63, 3.8) is 0 Å². The SMILES string of the molecule is CN(CC(=O)NC(C)(C)C)C(=O)CSc1nnc(-c2ccccc2Cl)n1N. The zero-order valence-corrected chi connectivity index (χ0v) is 17.3. The number of nitrogens with one attached hydrogen (secondary N) is 1. The average Bonchev–Trinajstić information content (AvgIpc) is 2.92. The molecule has 0 radical (unpaired) electrons. The Hall–Kier alpha value is -2.26. The van der Waals surface area contributed by atoms with Crippen molar-refractivity contribution in [1.82, 2.24) is 25.1 Å². The first-order valence-corrected chi connectivity index (χ1v) is 9.58. The van der Waals surface area contributed by atoms with Crippen molar-refractivity contribution in [3.8, 4) is 11.4 Å². The smallest absolute Gasteiger partial charge is 0.240 e. The Morgan fingerprint density at radius 2 is 1.96 bits per heavy atom. The van der Waals surface area contributed by atoms with Gasteiger partial charge in [0.1, 0.15) is 0 Å². The van der Waals surface area contributed by atoms with Crippen molar-refractivity contribution in [3.05, 3.63) is 29.3 Å². The number of nitrogens with zero attached hydrogens (tertiary/aromatic N) is 4. The number of thioether (sulfide) groups is 1. The summed E-state index contributed by atoms with van der Waals surface area (Å²) in [6.07, 6.45) is 0. The number of carbonyl (C=O) groups is 2. The number of amides is 2. The van der Waals surface area contributed by atoms with Crippen LogP contribution in [0, 0.1) is 0 Å². The number of likely N-dealkylation sites (N-methyl/N-ethyl adjacent to an activating group) is 1. The fourth-order valence-electron chi connectivity index (χ4n) is 2.20. The summed E-state index contributed by atoms with van der Waals surface area (Å²) in [4.78, 5) is 25.6. The Morgan fingerprint density at radius 1 is 1.30 bits per heavy atom. The molecule has 0 unspecified atom stereocenters. The van der Waals surface area contributed by atoms with E-state index in [1.165, 1.54) is 9.58 Å². The summed E-state index contributed by atoms with van der Waals surface area (Å²) in [5.41, 5.74) is 0.309. The summed E-state index contributed by atoms with van der Waals surface area (Å²) in [6, 6.07) is 7.16. The van der Waals surface area contributed by atoms with E-state index in [1.807, 2.05) is 32.9 Å². The zero-order valence-electron chi connectivity index (χ0n) is 15.7. The molecule has 0 fully saturated rings. The normalized spacial score (nSPS) is 11.3. The first kappa shape index (κ1) is 21.0. The lowest BCUT2D eigenvalue weighted by atomic mass is 10.1. The van der Waals surface area contributed by atoms with Crippen LogP contribution in [0.2, 0.25) is 5.02 Å². The van der Waals surface area contributed by atoms with E-state index in [9.17, 15) is 9.59 Å². The minimum Gasteiger partial charge on any atom is -0.350 e. The highest BCUT2D eigenvalue weighted by Crippen LogP contribution is 2.27. The van der Waals surface area contributed by atoms with Gasteiger partial charge in [0.2, 0.25) is 17.0 Å². The molecule has 2 aromatic rings. The van der Waals surface area contributed by atoms with Crippen molar-refractivity contribution in [1.29, 1.82) is 0 Å². The molecule has 2 amide bonds. The Balaban J connectivity index is 1.96. The second kappa shape index (κ2) is 8.62. The molecular weight excluding hydrogens is 388 g/mol. The number of nitrogen functional groups attached to an aromatic ring is 1. The van der Waals surface area contributed by atoms with Gasteiger partial charge in [-0.25, -0.2) is 4.68 Å². The largest absolute Gasteiger partial charge is 0.350 e. The number of rotatable bonds is 6. The summed E-state index contributed by atoms with van der Waals surface area (Å²) < 4.78 is 1.30. The molecule has 0 atom stereocenters. The second-order valence-corrected chi connectivity index (χ2v) is 8.34. The van der Waals surface area contributed by atoms with Crippen LogP contribution in [-0.4, -0.2) is 56.5 Å². The van der Waals surface area contributed by atoms with Crippen LogP contribution >= 0.6 is 23.4 Å². The average molecular weight is 411 g/mol. The molecule has 27 heavy (non-hydrogen) atoms. The van der Waals surface area contributed by atoms with Gasteiger partial charge in [-0.05, 0) is 32.9 Å². The number of hydrogen-bond acceptors (Lipinski definition) is 6. The summed E-state index contributed by atoms with van der Waals surface area (Å²) in [6.45, 7) is 5.63. The topological polar surface area (TPSA) is 106 Å². The van der Waals surface area contributed by atoms with Gasteiger partial charge in [-0.2, -0.15) is 0 Å². The van der Waals surface area contributed by atoms with E-state index >= 15 is 0 Å². The Labute approximate surface area is 167 Å². The first-order valence-electron chi connectivity index (χ1n) is 8.21. The number of carbonyl (C=O) groups excluding carboxylic acids is 2. The summed E-state index contributed by atoms with van der Waals surface area (Å²) in [7, 11) is 1.58. The van der Waals surface area contributed by atoms with Gasteiger partial charge in [0, 0.05) is 18.2 Å². The molecule has 0 aliphatic carbocycles. The van der Waals surface area contributed by atoms with E-state index in [-0.39, 0.29) is 29.7 Å². The maximum atomic E-state index is 12.3. The fourth-order valence-corrected chi connectivity index (χ4v) is 3.22. The highest BCUT2D eigenvalue weighted by Gasteiger charge is 2.20. The molecule has 0 spiro atoms. The van der Waals surface area contributed by atoms with Gasteiger partial charge in [-0.1, -0.05) is 35.5 Å². The summed E-state index contributed by atoms with van der Waals surface area (Å²) in [5, 5.41) is 11.8.